The second-order valence-corrected chi connectivity index (χ2v) is 6.24. The van der Waals surface area contributed by atoms with Crippen LogP contribution in [-0.4, -0.2) is 29.9 Å². The monoisotopic (exact) mass is 391 g/mol. The van der Waals surface area contributed by atoms with Crippen LogP contribution < -0.4 is 20.1 Å². The lowest BCUT2D eigenvalue weighted by molar-refractivity contribution is -0.125. The molecular weight excluding hydrogens is 370 g/mol. The van der Waals surface area contributed by atoms with E-state index in [1.165, 1.54) is 6.20 Å². The number of nitrogens with one attached hydrogen (secondary N) is 2. The van der Waals surface area contributed by atoms with E-state index < -0.39 is 5.91 Å². The molecule has 0 aliphatic carbocycles. The molecule has 148 valence electrons. The number of pyridine rings is 1. The number of carbonyl (C=O) groups is 2. The summed E-state index contributed by atoms with van der Waals surface area (Å²) in [5.41, 5.74) is 1.73. The van der Waals surface area contributed by atoms with Crippen LogP contribution in [0.2, 0.25) is 0 Å². The van der Waals surface area contributed by atoms with Gasteiger partial charge in [0.05, 0.1) is 18.4 Å². The summed E-state index contributed by atoms with van der Waals surface area (Å²) in [6, 6.07) is 18.1. The molecule has 0 bridgehead atoms. The number of nitrogens with zero attached hydrogens (tertiary/aromatic N) is 1. The number of rotatable bonds is 8. The van der Waals surface area contributed by atoms with Gasteiger partial charge in [0.15, 0.2) is 6.61 Å². The van der Waals surface area contributed by atoms with Crippen LogP contribution >= 0.6 is 0 Å². The van der Waals surface area contributed by atoms with Gasteiger partial charge in [-0.25, -0.2) is 0 Å². The summed E-state index contributed by atoms with van der Waals surface area (Å²) in [4.78, 5) is 27.5. The molecule has 0 atom stereocenters. The van der Waals surface area contributed by atoms with E-state index in [1.807, 2.05) is 31.2 Å². The summed E-state index contributed by atoms with van der Waals surface area (Å²) < 4.78 is 11.2. The Morgan fingerprint density at radius 1 is 0.897 bits per heavy atom. The zero-order valence-electron chi connectivity index (χ0n) is 15.9. The average Bonchev–Trinajstić information content (AvgIpc) is 2.74. The fourth-order valence-electron chi connectivity index (χ4n) is 2.37. The predicted molar refractivity (Wildman–Crippen MR) is 109 cm³/mol. The van der Waals surface area contributed by atoms with Gasteiger partial charge in [0.2, 0.25) is 5.91 Å². The Kier molecular flexibility index (Phi) is 6.78. The van der Waals surface area contributed by atoms with E-state index in [2.05, 4.69) is 15.6 Å². The molecule has 1 heterocycles. The SMILES string of the molecule is Cc1ccc(Oc2ccc(OCC(=O)NCC(=O)Nc3cccnc3)cc2)cc1. The normalized spacial score (nSPS) is 10.1. The van der Waals surface area contributed by atoms with Crippen molar-refractivity contribution in [2.75, 3.05) is 18.5 Å². The van der Waals surface area contributed by atoms with Gasteiger partial charge in [-0.15, -0.1) is 0 Å². The van der Waals surface area contributed by atoms with Crippen molar-refractivity contribution in [1.29, 1.82) is 0 Å². The highest BCUT2D eigenvalue weighted by Gasteiger charge is 2.07. The molecule has 0 saturated carbocycles. The molecule has 0 fully saturated rings. The van der Waals surface area contributed by atoms with Gasteiger partial charge in [-0.2, -0.15) is 0 Å². The summed E-state index contributed by atoms with van der Waals surface area (Å²) in [7, 11) is 0. The first-order chi connectivity index (χ1) is 14.1. The molecule has 0 aliphatic heterocycles. The summed E-state index contributed by atoms with van der Waals surface area (Å²) in [6.45, 7) is 1.66. The maximum absolute atomic E-state index is 11.9. The Balaban J connectivity index is 1.39. The van der Waals surface area contributed by atoms with Crippen molar-refractivity contribution in [3.63, 3.8) is 0 Å². The van der Waals surface area contributed by atoms with Crippen molar-refractivity contribution in [2.24, 2.45) is 0 Å². The first-order valence-electron chi connectivity index (χ1n) is 9.02. The summed E-state index contributed by atoms with van der Waals surface area (Å²) in [5.74, 6) is 1.19. The van der Waals surface area contributed by atoms with Gasteiger partial charge in [0.25, 0.3) is 5.91 Å². The number of aromatic nitrogens is 1. The van der Waals surface area contributed by atoms with Crippen LogP contribution in [0.3, 0.4) is 0 Å². The number of ether oxygens (including phenoxy) is 2. The van der Waals surface area contributed by atoms with Crippen molar-refractivity contribution >= 4 is 17.5 Å². The smallest absolute Gasteiger partial charge is 0.258 e. The summed E-state index contributed by atoms with van der Waals surface area (Å²) in [6.07, 6.45) is 3.13. The maximum atomic E-state index is 11.9. The number of amides is 2. The average molecular weight is 391 g/mol. The fraction of sp³-hybridized carbons (Fsp3) is 0.136. The first kappa shape index (κ1) is 19.9. The van der Waals surface area contributed by atoms with Gasteiger partial charge in [-0.3, -0.25) is 14.6 Å². The van der Waals surface area contributed by atoms with Gasteiger partial charge >= 0.3 is 0 Å². The highest BCUT2D eigenvalue weighted by molar-refractivity contribution is 5.94. The number of hydrogen-bond acceptors (Lipinski definition) is 5. The third kappa shape index (κ3) is 6.66. The number of aryl methyl sites for hydroxylation is 1. The molecule has 2 N–H and O–H groups in total. The molecule has 3 aromatic rings. The lowest BCUT2D eigenvalue weighted by Gasteiger charge is -2.09. The number of benzene rings is 2. The lowest BCUT2D eigenvalue weighted by atomic mass is 10.2. The second-order valence-electron chi connectivity index (χ2n) is 6.24. The van der Waals surface area contributed by atoms with E-state index in [0.29, 0.717) is 17.2 Å². The topological polar surface area (TPSA) is 89.5 Å². The predicted octanol–water partition coefficient (Wildman–Crippen LogP) is 3.32. The molecule has 0 radical (unpaired) electrons. The quantitative estimate of drug-likeness (QED) is 0.615. The standard InChI is InChI=1S/C22H21N3O4/c1-16-4-6-19(7-5-16)29-20-10-8-18(9-11-20)28-15-22(27)24-14-21(26)25-17-3-2-12-23-13-17/h2-13H,14-15H2,1H3,(H,24,27)(H,25,26). The van der Waals surface area contributed by atoms with Crippen LogP contribution in [0, 0.1) is 6.92 Å². The van der Waals surface area contributed by atoms with Gasteiger partial charge in [0, 0.05) is 6.20 Å². The minimum atomic E-state index is -0.397. The third-order valence-electron chi connectivity index (χ3n) is 3.84. The highest BCUT2D eigenvalue weighted by Crippen LogP contribution is 2.24. The van der Waals surface area contributed by atoms with Crippen LogP contribution in [0.5, 0.6) is 17.2 Å². The van der Waals surface area contributed by atoms with E-state index in [4.69, 9.17) is 9.47 Å². The molecule has 7 heteroatoms. The van der Waals surface area contributed by atoms with Crippen LogP contribution in [0.4, 0.5) is 5.69 Å². The van der Waals surface area contributed by atoms with Crippen molar-refractivity contribution in [3.8, 4) is 17.2 Å². The molecule has 0 saturated heterocycles. The fourth-order valence-corrected chi connectivity index (χ4v) is 2.37. The Bertz CT molecular complexity index is 942. The van der Waals surface area contributed by atoms with E-state index >= 15 is 0 Å². The minimum Gasteiger partial charge on any atom is -0.484 e. The van der Waals surface area contributed by atoms with Crippen LogP contribution in [0.1, 0.15) is 5.56 Å². The molecule has 2 amide bonds. The number of hydrogen-bond donors (Lipinski definition) is 2. The molecule has 29 heavy (non-hydrogen) atoms. The van der Waals surface area contributed by atoms with Gasteiger partial charge < -0.3 is 20.1 Å². The van der Waals surface area contributed by atoms with Crippen LogP contribution in [-0.2, 0) is 9.59 Å². The molecule has 3 rings (SSSR count). The van der Waals surface area contributed by atoms with Crippen molar-refractivity contribution in [1.82, 2.24) is 10.3 Å². The number of anilines is 1. The Labute approximate surface area is 168 Å². The van der Waals surface area contributed by atoms with E-state index in [0.717, 1.165) is 11.3 Å². The molecule has 7 nitrogen and oxygen atoms in total. The van der Waals surface area contributed by atoms with Crippen LogP contribution in [0.15, 0.2) is 73.1 Å². The zero-order valence-corrected chi connectivity index (χ0v) is 15.9. The highest BCUT2D eigenvalue weighted by atomic mass is 16.5. The maximum Gasteiger partial charge on any atom is 0.258 e. The molecule has 2 aromatic carbocycles. The largest absolute Gasteiger partial charge is 0.484 e. The molecular formula is C22H21N3O4. The summed E-state index contributed by atoms with van der Waals surface area (Å²) in [5, 5.41) is 5.13. The molecule has 0 aliphatic rings. The van der Waals surface area contributed by atoms with Gasteiger partial charge in [-0.05, 0) is 55.5 Å². The first-order valence-corrected chi connectivity index (χ1v) is 9.02. The van der Waals surface area contributed by atoms with Gasteiger partial charge in [-0.1, -0.05) is 17.7 Å². The van der Waals surface area contributed by atoms with Crippen LogP contribution in [0.25, 0.3) is 0 Å². The van der Waals surface area contributed by atoms with Crippen molar-refractivity contribution in [3.05, 3.63) is 78.6 Å². The second kappa shape index (κ2) is 9.89. The van der Waals surface area contributed by atoms with Gasteiger partial charge in [0.1, 0.15) is 17.2 Å². The molecule has 0 unspecified atom stereocenters. The van der Waals surface area contributed by atoms with E-state index in [9.17, 15) is 9.59 Å². The third-order valence-corrected chi connectivity index (χ3v) is 3.84. The van der Waals surface area contributed by atoms with E-state index in [1.54, 1.807) is 42.6 Å². The van der Waals surface area contributed by atoms with Crippen molar-refractivity contribution in [2.45, 2.75) is 6.92 Å². The molecule has 1 aromatic heterocycles. The number of carbonyl (C=O) groups excluding carboxylic acids is 2. The molecule has 0 spiro atoms. The van der Waals surface area contributed by atoms with Crippen molar-refractivity contribution < 1.29 is 19.1 Å². The Morgan fingerprint density at radius 3 is 2.21 bits per heavy atom. The Hall–Kier alpha value is -3.87. The lowest BCUT2D eigenvalue weighted by Crippen LogP contribution is -2.35. The zero-order chi connectivity index (χ0) is 20.5. The van der Waals surface area contributed by atoms with E-state index in [-0.39, 0.29) is 19.1 Å². The Morgan fingerprint density at radius 2 is 1.55 bits per heavy atom. The minimum absolute atomic E-state index is 0.152. The summed E-state index contributed by atoms with van der Waals surface area (Å²) >= 11 is 0.